The Morgan fingerprint density at radius 3 is 3.14 bits per heavy atom. The van der Waals surface area contributed by atoms with E-state index in [0.717, 1.165) is 16.2 Å². The molecular formula is C10H9ClO2S. The lowest BCUT2D eigenvalue weighted by Crippen LogP contribution is -2.05. The molecule has 1 unspecified atom stereocenters. The minimum Gasteiger partial charge on any atom is -0.481 e. The van der Waals surface area contributed by atoms with Crippen molar-refractivity contribution in [2.24, 2.45) is 0 Å². The van der Waals surface area contributed by atoms with Gasteiger partial charge in [-0.1, -0.05) is 17.7 Å². The molecule has 4 heteroatoms. The molecule has 14 heavy (non-hydrogen) atoms. The first-order valence-electron chi connectivity index (χ1n) is 4.31. The first-order valence-corrected chi connectivity index (χ1v) is 5.68. The zero-order chi connectivity index (χ0) is 10.1. The molecule has 1 aliphatic heterocycles. The molecule has 0 saturated carbocycles. The number of rotatable bonds is 2. The topological polar surface area (TPSA) is 37.3 Å². The largest absolute Gasteiger partial charge is 0.481 e. The Balaban J connectivity index is 2.33. The van der Waals surface area contributed by atoms with Crippen molar-refractivity contribution < 1.29 is 9.90 Å². The SMILES string of the molecule is O=C(O)CC1CSc2cccc(Cl)c21. The molecule has 1 aromatic carbocycles. The number of fused-ring (bicyclic) bond motifs is 1. The highest BCUT2D eigenvalue weighted by atomic mass is 35.5. The number of hydrogen-bond acceptors (Lipinski definition) is 2. The van der Waals surface area contributed by atoms with Crippen molar-refractivity contribution >= 4 is 29.3 Å². The molecule has 0 saturated heterocycles. The van der Waals surface area contributed by atoms with E-state index in [9.17, 15) is 4.79 Å². The van der Waals surface area contributed by atoms with E-state index >= 15 is 0 Å². The maximum absolute atomic E-state index is 10.6. The van der Waals surface area contributed by atoms with Gasteiger partial charge in [-0.15, -0.1) is 11.8 Å². The average molecular weight is 229 g/mol. The minimum absolute atomic E-state index is 0.0706. The van der Waals surface area contributed by atoms with Gasteiger partial charge in [0.25, 0.3) is 0 Å². The van der Waals surface area contributed by atoms with Gasteiger partial charge in [0.2, 0.25) is 0 Å². The van der Waals surface area contributed by atoms with Crippen LogP contribution in [-0.4, -0.2) is 16.8 Å². The Bertz CT molecular complexity index is 378. The van der Waals surface area contributed by atoms with Gasteiger partial charge < -0.3 is 5.11 Å². The molecule has 0 radical (unpaired) electrons. The average Bonchev–Trinajstić information content (AvgIpc) is 2.49. The van der Waals surface area contributed by atoms with Crippen molar-refractivity contribution in [3.63, 3.8) is 0 Å². The summed E-state index contributed by atoms with van der Waals surface area (Å²) in [5.41, 5.74) is 1.02. The van der Waals surface area contributed by atoms with Gasteiger partial charge in [-0.05, 0) is 17.7 Å². The second-order valence-corrected chi connectivity index (χ2v) is 4.73. The van der Waals surface area contributed by atoms with E-state index in [4.69, 9.17) is 16.7 Å². The predicted octanol–water partition coefficient (Wildman–Crippen LogP) is 3.00. The van der Waals surface area contributed by atoms with Crippen LogP contribution in [0.3, 0.4) is 0 Å². The first kappa shape index (κ1) is 9.87. The molecule has 1 N–H and O–H groups in total. The maximum atomic E-state index is 10.6. The van der Waals surface area contributed by atoms with Crippen LogP contribution in [0.2, 0.25) is 5.02 Å². The van der Waals surface area contributed by atoms with Crippen molar-refractivity contribution in [3.8, 4) is 0 Å². The van der Waals surface area contributed by atoms with E-state index in [1.54, 1.807) is 11.8 Å². The molecular weight excluding hydrogens is 220 g/mol. The van der Waals surface area contributed by atoms with Crippen LogP contribution in [0.4, 0.5) is 0 Å². The summed E-state index contributed by atoms with van der Waals surface area (Å²) in [5.74, 6) is 0.135. The predicted molar refractivity (Wildman–Crippen MR) is 57.2 cm³/mol. The fourth-order valence-corrected chi connectivity index (χ4v) is 3.34. The molecule has 1 aliphatic rings. The number of benzene rings is 1. The molecule has 0 aromatic heterocycles. The fraction of sp³-hybridized carbons (Fsp3) is 0.300. The standard InChI is InChI=1S/C10H9ClO2S/c11-7-2-1-3-8-10(7)6(5-14-8)4-9(12)13/h1-3,6H,4-5H2,(H,12,13). The number of carboxylic acid groups (broad SMARTS) is 1. The summed E-state index contributed by atoms with van der Waals surface area (Å²) in [4.78, 5) is 11.8. The van der Waals surface area contributed by atoms with Crippen molar-refractivity contribution in [1.29, 1.82) is 0 Å². The zero-order valence-corrected chi connectivity index (χ0v) is 8.94. The normalized spacial score (nSPS) is 19.4. The van der Waals surface area contributed by atoms with Crippen LogP contribution in [0.15, 0.2) is 23.1 Å². The molecule has 1 atom stereocenters. The smallest absolute Gasteiger partial charge is 0.303 e. The zero-order valence-electron chi connectivity index (χ0n) is 7.37. The van der Waals surface area contributed by atoms with E-state index < -0.39 is 5.97 Å². The Labute approximate surface area is 91.3 Å². The van der Waals surface area contributed by atoms with Crippen LogP contribution < -0.4 is 0 Å². The van der Waals surface area contributed by atoms with E-state index in [0.29, 0.717) is 5.02 Å². The summed E-state index contributed by atoms with van der Waals surface area (Å²) in [6, 6.07) is 5.71. The quantitative estimate of drug-likeness (QED) is 0.846. The summed E-state index contributed by atoms with van der Waals surface area (Å²) >= 11 is 7.73. The monoisotopic (exact) mass is 228 g/mol. The molecule has 0 fully saturated rings. The van der Waals surface area contributed by atoms with Crippen molar-refractivity contribution in [2.45, 2.75) is 17.2 Å². The van der Waals surface area contributed by atoms with E-state index in [-0.39, 0.29) is 12.3 Å². The molecule has 2 nitrogen and oxygen atoms in total. The Morgan fingerprint density at radius 2 is 2.43 bits per heavy atom. The van der Waals surface area contributed by atoms with Crippen LogP contribution in [0.5, 0.6) is 0 Å². The highest BCUT2D eigenvalue weighted by Gasteiger charge is 2.27. The highest BCUT2D eigenvalue weighted by molar-refractivity contribution is 7.99. The van der Waals surface area contributed by atoms with E-state index in [2.05, 4.69) is 0 Å². The van der Waals surface area contributed by atoms with Gasteiger partial charge in [-0.25, -0.2) is 0 Å². The number of thioether (sulfide) groups is 1. The summed E-state index contributed by atoms with van der Waals surface area (Å²) < 4.78 is 0. The third kappa shape index (κ3) is 1.74. The van der Waals surface area contributed by atoms with Crippen LogP contribution in [0, 0.1) is 0 Å². The lowest BCUT2D eigenvalue weighted by molar-refractivity contribution is -0.137. The minimum atomic E-state index is -0.761. The number of aliphatic carboxylic acids is 1. The summed E-state index contributed by atoms with van der Waals surface area (Å²) in [6.45, 7) is 0. The molecule has 0 amide bonds. The Morgan fingerprint density at radius 1 is 1.64 bits per heavy atom. The molecule has 0 aliphatic carbocycles. The molecule has 1 heterocycles. The third-order valence-electron chi connectivity index (χ3n) is 2.28. The second-order valence-electron chi connectivity index (χ2n) is 3.26. The van der Waals surface area contributed by atoms with Crippen molar-refractivity contribution in [2.75, 3.05) is 5.75 Å². The molecule has 74 valence electrons. The number of hydrogen-bond donors (Lipinski definition) is 1. The molecule has 0 bridgehead atoms. The van der Waals surface area contributed by atoms with Crippen molar-refractivity contribution in [3.05, 3.63) is 28.8 Å². The maximum Gasteiger partial charge on any atom is 0.303 e. The van der Waals surface area contributed by atoms with Gasteiger partial charge in [0, 0.05) is 21.6 Å². The van der Waals surface area contributed by atoms with Gasteiger partial charge in [-0.2, -0.15) is 0 Å². The molecule has 2 rings (SSSR count). The van der Waals surface area contributed by atoms with Crippen molar-refractivity contribution in [1.82, 2.24) is 0 Å². The van der Waals surface area contributed by atoms with Gasteiger partial charge in [0.15, 0.2) is 0 Å². The second kappa shape index (κ2) is 3.83. The lowest BCUT2D eigenvalue weighted by atomic mass is 9.98. The van der Waals surface area contributed by atoms with E-state index in [1.165, 1.54) is 0 Å². The van der Waals surface area contributed by atoms with Gasteiger partial charge in [-0.3, -0.25) is 4.79 Å². The van der Waals surface area contributed by atoms with Gasteiger partial charge in [0.1, 0.15) is 0 Å². The van der Waals surface area contributed by atoms with Crippen LogP contribution in [-0.2, 0) is 4.79 Å². The number of carbonyl (C=O) groups is 1. The summed E-state index contributed by atoms with van der Waals surface area (Å²) in [5, 5.41) is 9.43. The number of halogens is 1. The van der Waals surface area contributed by atoms with Crippen LogP contribution in [0.25, 0.3) is 0 Å². The lowest BCUT2D eigenvalue weighted by Gasteiger charge is -2.08. The highest BCUT2D eigenvalue weighted by Crippen LogP contribution is 2.44. The summed E-state index contributed by atoms with van der Waals surface area (Å²) in [7, 11) is 0. The van der Waals surface area contributed by atoms with Crippen LogP contribution >= 0.6 is 23.4 Å². The summed E-state index contributed by atoms with van der Waals surface area (Å²) in [6.07, 6.45) is 0.170. The van der Waals surface area contributed by atoms with E-state index in [1.807, 2.05) is 18.2 Å². The molecule has 0 spiro atoms. The van der Waals surface area contributed by atoms with Gasteiger partial charge >= 0.3 is 5.97 Å². The fourth-order valence-electron chi connectivity index (χ4n) is 1.68. The molecule has 1 aromatic rings. The Kier molecular flexibility index (Phi) is 2.70. The third-order valence-corrected chi connectivity index (χ3v) is 3.85. The Hall–Kier alpha value is -0.670. The number of carboxylic acids is 1. The first-order chi connectivity index (χ1) is 6.68. The van der Waals surface area contributed by atoms with Crippen LogP contribution in [0.1, 0.15) is 17.9 Å². The van der Waals surface area contributed by atoms with Gasteiger partial charge in [0.05, 0.1) is 6.42 Å².